The summed E-state index contributed by atoms with van der Waals surface area (Å²) < 4.78 is 0. The molecule has 4 rings (SSSR count). The van der Waals surface area contributed by atoms with Gasteiger partial charge in [0, 0.05) is 11.4 Å². The van der Waals surface area contributed by atoms with Gasteiger partial charge in [-0.05, 0) is 91.9 Å². The van der Waals surface area contributed by atoms with Crippen LogP contribution in [0, 0.1) is 41.5 Å². The number of carbonyl (C=O) groups excluding carboxylic acids is 1. The van der Waals surface area contributed by atoms with E-state index < -0.39 is 0 Å². The minimum Gasteiger partial charge on any atom is -1.00 e. The maximum atomic E-state index is 13.5. The van der Waals surface area contributed by atoms with Gasteiger partial charge in [0.1, 0.15) is 0 Å². The SMILES string of the molecule is Cc1cc(C)c(NC2=N[NH+](CC(=O)Nc3c(C(C)C)cccc3C(C)C)CN2c2c(C)cc(C)cc2C)c(C)c1.[Cl-]. The average molecular weight is 576 g/mol. The summed E-state index contributed by atoms with van der Waals surface area (Å²) in [6.07, 6.45) is 0. The number of aryl methyl sites for hydroxylation is 6. The molecule has 41 heavy (non-hydrogen) atoms. The van der Waals surface area contributed by atoms with Crippen LogP contribution in [0.15, 0.2) is 47.6 Å². The Morgan fingerprint density at radius 3 is 1.80 bits per heavy atom. The molecular weight excluding hydrogens is 530 g/mol. The topological polar surface area (TPSA) is 61.2 Å². The number of halogens is 1. The maximum Gasteiger partial charge on any atom is 0.282 e. The van der Waals surface area contributed by atoms with E-state index in [4.69, 9.17) is 5.10 Å². The van der Waals surface area contributed by atoms with Gasteiger partial charge in [0.15, 0.2) is 13.2 Å². The van der Waals surface area contributed by atoms with Crippen molar-refractivity contribution in [1.82, 2.24) is 0 Å². The molecule has 1 atom stereocenters. The standard InChI is InChI=1S/C34H45N5O.ClH/c1-20(2)28-12-11-13-29(21(3)4)32(28)35-30(40)18-38-19-39(33-26(9)16-23(6)17-27(33)10)34(37-38)36-31-24(7)14-22(5)15-25(31)8;/h11-17,20-21H,18-19H2,1-10H3,(H,35,40)(H,36,37);1H. The Balaban J connectivity index is 0.00000462. The number of hydrogen-bond donors (Lipinski definition) is 3. The van der Waals surface area contributed by atoms with E-state index in [-0.39, 0.29) is 24.9 Å². The molecule has 1 amide bonds. The number of quaternary nitrogens is 1. The summed E-state index contributed by atoms with van der Waals surface area (Å²) in [5.74, 6) is 1.35. The highest BCUT2D eigenvalue weighted by Crippen LogP contribution is 2.32. The van der Waals surface area contributed by atoms with Crippen molar-refractivity contribution < 1.29 is 22.2 Å². The Kier molecular flexibility index (Phi) is 10.3. The highest BCUT2D eigenvalue weighted by atomic mass is 35.5. The van der Waals surface area contributed by atoms with Crippen LogP contribution >= 0.6 is 0 Å². The summed E-state index contributed by atoms with van der Waals surface area (Å²) in [4.78, 5) is 15.7. The zero-order valence-corrected chi connectivity index (χ0v) is 27.0. The van der Waals surface area contributed by atoms with Crippen LogP contribution in [-0.2, 0) is 4.79 Å². The van der Waals surface area contributed by atoms with Crippen LogP contribution < -0.4 is 32.9 Å². The first-order chi connectivity index (χ1) is 18.8. The van der Waals surface area contributed by atoms with E-state index in [1.165, 1.54) is 44.5 Å². The third-order valence-corrected chi connectivity index (χ3v) is 7.68. The molecule has 0 saturated carbocycles. The van der Waals surface area contributed by atoms with Gasteiger partial charge in [0.05, 0.1) is 5.69 Å². The smallest absolute Gasteiger partial charge is 0.282 e. The first-order valence-electron chi connectivity index (χ1n) is 14.4. The Morgan fingerprint density at radius 2 is 1.32 bits per heavy atom. The number of anilines is 3. The van der Waals surface area contributed by atoms with Crippen molar-refractivity contribution >= 4 is 28.9 Å². The normalized spacial score (nSPS) is 14.8. The van der Waals surface area contributed by atoms with Gasteiger partial charge in [-0.25, -0.2) is 0 Å². The van der Waals surface area contributed by atoms with Crippen molar-refractivity contribution in [3.63, 3.8) is 0 Å². The second-order valence-corrected chi connectivity index (χ2v) is 12.1. The largest absolute Gasteiger partial charge is 1.00 e. The van der Waals surface area contributed by atoms with Gasteiger partial charge in [-0.2, -0.15) is 5.01 Å². The van der Waals surface area contributed by atoms with Crippen LogP contribution in [-0.4, -0.2) is 25.1 Å². The molecule has 0 radical (unpaired) electrons. The maximum absolute atomic E-state index is 13.5. The van der Waals surface area contributed by atoms with E-state index in [0.717, 1.165) is 28.0 Å². The van der Waals surface area contributed by atoms with Crippen LogP contribution in [0.2, 0.25) is 0 Å². The van der Waals surface area contributed by atoms with Gasteiger partial charge in [0.25, 0.3) is 11.9 Å². The van der Waals surface area contributed by atoms with Gasteiger partial charge < -0.3 is 23.0 Å². The fourth-order valence-corrected chi connectivity index (χ4v) is 6.03. The van der Waals surface area contributed by atoms with Crippen LogP contribution in [0.5, 0.6) is 0 Å². The number of carbonyl (C=O) groups is 1. The lowest BCUT2D eigenvalue weighted by molar-refractivity contribution is -0.892. The Hall–Kier alpha value is -3.35. The molecule has 1 aliphatic heterocycles. The van der Waals surface area contributed by atoms with E-state index >= 15 is 0 Å². The molecule has 3 N–H and O–H groups in total. The first-order valence-corrected chi connectivity index (χ1v) is 14.4. The monoisotopic (exact) mass is 575 g/mol. The van der Waals surface area contributed by atoms with Gasteiger partial charge >= 0.3 is 0 Å². The third kappa shape index (κ3) is 7.11. The fraction of sp³-hybridized carbons (Fsp3) is 0.412. The Labute approximate surface area is 252 Å². The molecule has 0 aromatic heterocycles. The molecule has 0 aliphatic carbocycles. The number of amides is 1. The van der Waals surface area contributed by atoms with Crippen molar-refractivity contribution in [2.24, 2.45) is 5.10 Å². The van der Waals surface area contributed by atoms with Crippen molar-refractivity contribution in [2.45, 2.75) is 81.1 Å². The lowest BCUT2D eigenvalue weighted by Gasteiger charge is -2.24. The average Bonchev–Trinajstić information content (AvgIpc) is 3.21. The first kappa shape index (κ1) is 32.2. The predicted molar refractivity (Wildman–Crippen MR) is 169 cm³/mol. The lowest BCUT2D eigenvalue weighted by Crippen LogP contribution is -3.08. The van der Waals surface area contributed by atoms with E-state index in [2.05, 4.69) is 127 Å². The molecule has 6 nitrogen and oxygen atoms in total. The molecule has 3 aromatic carbocycles. The second-order valence-electron chi connectivity index (χ2n) is 12.1. The van der Waals surface area contributed by atoms with Crippen molar-refractivity contribution in [3.05, 3.63) is 87.0 Å². The molecular formula is C34H46ClN5O. The van der Waals surface area contributed by atoms with Gasteiger partial charge in [0.2, 0.25) is 0 Å². The summed E-state index contributed by atoms with van der Waals surface area (Å²) in [7, 11) is 0. The number of benzene rings is 3. The molecule has 220 valence electrons. The van der Waals surface area contributed by atoms with Gasteiger partial charge in [-0.1, -0.05) is 81.3 Å². The van der Waals surface area contributed by atoms with E-state index in [9.17, 15) is 4.79 Å². The molecule has 1 aliphatic rings. The molecule has 1 heterocycles. The fourth-order valence-electron chi connectivity index (χ4n) is 6.03. The van der Waals surface area contributed by atoms with Crippen LogP contribution in [0.3, 0.4) is 0 Å². The van der Waals surface area contributed by atoms with E-state index in [1.54, 1.807) is 0 Å². The highest BCUT2D eigenvalue weighted by Gasteiger charge is 2.33. The zero-order valence-electron chi connectivity index (χ0n) is 26.3. The van der Waals surface area contributed by atoms with Crippen LogP contribution in [0.1, 0.15) is 84.0 Å². The molecule has 3 aromatic rings. The Morgan fingerprint density at radius 1 is 0.829 bits per heavy atom. The predicted octanol–water partition coefficient (Wildman–Crippen LogP) is 3.47. The van der Waals surface area contributed by atoms with Gasteiger partial charge in [-0.15, -0.1) is 0 Å². The highest BCUT2D eigenvalue weighted by molar-refractivity contribution is 6.07. The minimum atomic E-state index is -0.0324. The molecule has 0 fully saturated rings. The molecule has 0 saturated heterocycles. The van der Waals surface area contributed by atoms with Crippen molar-refractivity contribution in [2.75, 3.05) is 28.7 Å². The molecule has 0 spiro atoms. The van der Waals surface area contributed by atoms with E-state index in [0.29, 0.717) is 18.5 Å². The van der Waals surface area contributed by atoms with Crippen LogP contribution in [0.25, 0.3) is 0 Å². The van der Waals surface area contributed by atoms with Gasteiger partial charge in [-0.3, -0.25) is 9.69 Å². The second kappa shape index (κ2) is 13.1. The third-order valence-electron chi connectivity index (χ3n) is 7.68. The number of guanidine groups is 1. The Bertz CT molecular complexity index is 1390. The molecule has 0 bridgehead atoms. The van der Waals surface area contributed by atoms with Crippen LogP contribution in [0.4, 0.5) is 17.1 Å². The number of rotatable bonds is 7. The molecule has 7 heteroatoms. The number of para-hydroxylation sites is 1. The summed E-state index contributed by atoms with van der Waals surface area (Å²) in [5, 5.41) is 12.8. The lowest BCUT2D eigenvalue weighted by atomic mass is 9.92. The summed E-state index contributed by atoms with van der Waals surface area (Å²) >= 11 is 0. The quantitative estimate of drug-likeness (QED) is 0.404. The molecule has 1 unspecified atom stereocenters. The summed E-state index contributed by atoms with van der Waals surface area (Å²) in [5.41, 5.74) is 12.7. The zero-order chi connectivity index (χ0) is 29.3. The van der Waals surface area contributed by atoms with Crippen molar-refractivity contribution in [1.29, 1.82) is 0 Å². The van der Waals surface area contributed by atoms with Crippen molar-refractivity contribution in [3.8, 4) is 0 Å². The number of hydrogen-bond acceptors (Lipinski definition) is 4. The summed E-state index contributed by atoms with van der Waals surface area (Å²) in [6, 6.07) is 15.1. The number of nitrogens with zero attached hydrogens (tertiary/aromatic N) is 2. The van der Waals surface area contributed by atoms with E-state index in [1.807, 2.05) is 0 Å². The number of nitrogens with one attached hydrogen (secondary N) is 3. The minimum absolute atomic E-state index is 0. The summed E-state index contributed by atoms with van der Waals surface area (Å²) in [6.45, 7) is 22.3.